The van der Waals surface area contributed by atoms with Gasteiger partial charge in [0.1, 0.15) is 11.8 Å². The molecule has 0 radical (unpaired) electrons. The number of ether oxygens (including phenoxy) is 2. The van der Waals surface area contributed by atoms with Gasteiger partial charge in [-0.25, -0.2) is 5.10 Å². The first-order valence-corrected chi connectivity index (χ1v) is 6.18. The Kier molecular flexibility index (Phi) is 3.09. The minimum Gasteiger partial charge on any atom is -0.490 e. The van der Waals surface area contributed by atoms with Crippen LogP contribution in [0.2, 0.25) is 0 Å². The predicted octanol–water partition coefficient (Wildman–Crippen LogP) is 1.47. The van der Waals surface area contributed by atoms with Crippen molar-refractivity contribution < 1.29 is 9.47 Å². The highest BCUT2D eigenvalue weighted by atomic mass is 16.5. The summed E-state index contributed by atoms with van der Waals surface area (Å²) in [4.78, 5) is 11.2. The van der Waals surface area contributed by atoms with Crippen molar-refractivity contribution in [3.63, 3.8) is 0 Å². The third-order valence-electron chi connectivity index (χ3n) is 2.95. The van der Waals surface area contributed by atoms with Crippen LogP contribution in [-0.4, -0.2) is 23.4 Å². The summed E-state index contributed by atoms with van der Waals surface area (Å²) in [6, 6.07) is 8.53. The van der Waals surface area contributed by atoms with Crippen LogP contribution in [0.5, 0.6) is 11.5 Å². The van der Waals surface area contributed by atoms with Crippen LogP contribution < -0.4 is 15.0 Å². The van der Waals surface area contributed by atoms with Gasteiger partial charge in [0.05, 0.1) is 18.8 Å². The molecule has 0 atom stereocenters. The van der Waals surface area contributed by atoms with Crippen molar-refractivity contribution in [1.29, 1.82) is 5.26 Å². The summed E-state index contributed by atoms with van der Waals surface area (Å²) < 4.78 is 11.1. The standard InChI is InChI=1S/C14H11N3O3/c15-8-10-7-13(18)16-17-14(10)9-2-3-11-12(6-9)20-5-1-4-19-11/h2-3,6-7H,1,4-5H2,(H,16,18). The lowest BCUT2D eigenvalue weighted by molar-refractivity contribution is 0.297. The molecule has 0 aliphatic carbocycles. The summed E-state index contributed by atoms with van der Waals surface area (Å²) >= 11 is 0. The number of aromatic amines is 1. The molecule has 0 unspecified atom stereocenters. The molecule has 0 fully saturated rings. The van der Waals surface area contributed by atoms with Crippen LogP contribution in [0.25, 0.3) is 11.3 Å². The molecule has 2 heterocycles. The lowest BCUT2D eigenvalue weighted by Crippen LogP contribution is -2.08. The third-order valence-corrected chi connectivity index (χ3v) is 2.95. The van der Waals surface area contributed by atoms with E-state index in [1.54, 1.807) is 18.2 Å². The highest BCUT2D eigenvalue weighted by molar-refractivity contribution is 5.68. The van der Waals surface area contributed by atoms with Gasteiger partial charge in [-0.3, -0.25) is 4.79 Å². The first-order chi connectivity index (χ1) is 9.78. The van der Waals surface area contributed by atoms with Gasteiger partial charge in [-0.1, -0.05) is 0 Å². The third kappa shape index (κ3) is 2.21. The van der Waals surface area contributed by atoms with Crippen molar-refractivity contribution in [1.82, 2.24) is 10.2 Å². The van der Waals surface area contributed by atoms with Crippen LogP contribution in [0.3, 0.4) is 0 Å². The molecular formula is C14H11N3O3. The topological polar surface area (TPSA) is 88.0 Å². The fourth-order valence-corrected chi connectivity index (χ4v) is 2.02. The lowest BCUT2D eigenvalue weighted by atomic mass is 10.1. The second kappa shape index (κ2) is 5.05. The monoisotopic (exact) mass is 269 g/mol. The number of nitrogens with zero attached hydrogens (tertiary/aromatic N) is 2. The summed E-state index contributed by atoms with van der Waals surface area (Å²) in [6.45, 7) is 1.20. The minimum atomic E-state index is -0.403. The number of benzene rings is 1. The van der Waals surface area contributed by atoms with E-state index in [1.165, 1.54) is 6.07 Å². The Morgan fingerprint density at radius 1 is 1.20 bits per heavy atom. The molecule has 2 aromatic rings. The molecule has 3 rings (SSSR count). The van der Waals surface area contributed by atoms with Crippen LogP contribution in [0.4, 0.5) is 0 Å². The van der Waals surface area contributed by atoms with Crippen LogP contribution in [0.15, 0.2) is 29.1 Å². The maximum atomic E-state index is 11.2. The minimum absolute atomic E-state index is 0.225. The molecule has 0 saturated carbocycles. The van der Waals surface area contributed by atoms with Crippen molar-refractivity contribution in [3.8, 4) is 28.8 Å². The van der Waals surface area contributed by atoms with Crippen molar-refractivity contribution in [2.75, 3.05) is 13.2 Å². The molecule has 6 heteroatoms. The molecule has 1 aliphatic heterocycles. The summed E-state index contributed by atoms with van der Waals surface area (Å²) in [6.07, 6.45) is 0.824. The van der Waals surface area contributed by atoms with Crippen molar-refractivity contribution in [2.24, 2.45) is 0 Å². The van der Waals surface area contributed by atoms with E-state index < -0.39 is 5.56 Å². The smallest absolute Gasteiger partial charge is 0.265 e. The zero-order chi connectivity index (χ0) is 13.9. The van der Waals surface area contributed by atoms with E-state index in [9.17, 15) is 4.79 Å². The highest BCUT2D eigenvalue weighted by Gasteiger charge is 2.14. The molecule has 1 aromatic carbocycles. The van der Waals surface area contributed by atoms with Crippen LogP contribution in [0.1, 0.15) is 12.0 Å². The molecule has 1 N–H and O–H groups in total. The second-order valence-corrected chi connectivity index (χ2v) is 4.32. The molecule has 0 amide bonds. The van der Waals surface area contributed by atoms with Crippen LogP contribution >= 0.6 is 0 Å². The Balaban J connectivity index is 2.10. The summed E-state index contributed by atoms with van der Waals surface area (Å²) in [5, 5.41) is 15.4. The van der Waals surface area contributed by atoms with E-state index in [0.29, 0.717) is 36.0 Å². The maximum Gasteiger partial charge on any atom is 0.265 e. The molecule has 1 aliphatic rings. The Labute approximate surface area is 114 Å². The molecule has 0 bridgehead atoms. The van der Waals surface area contributed by atoms with Gasteiger partial charge in [-0.15, -0.1) is 0 Å². The number of H-pyrrole nitrogens is 1. The predicted molar refractivity (Wildman–Crippen MR) is 70.6 cm³/mol. The number of nitrogens with one attached hydrogen (secondary N) is 1. The molecule has 0 saturated heterocycles. The zero-order valence-electron chi connectivity index (χ0n) is 10.5. The van der Waals surface area contributed by atoms with Gasteiger partial charge in [0.2, 0.25) is 0 Å². The zero-order valence-corrected chi connectivity index (χ0v) is 10.5. The second-order valence-electron chi connectivity index (χ2n) is 4.32. The van der Waals surface area contributed by atoms with Gasteiger partial charge >= 0.3 is 0 Å². The van der Waals surface area contributed by atoms with E-state index in [1.807, 2.05) is 6.07 Å². The number of aromatic nitrogens is 2. The average Bonchev–Trinajstić information content (AvgIpc) is 2.71. The van der Waals surface area contributed by atoms with Gasteiger partial charge in [-0.2, -0.15) is 10.4 Å². The fraction of sp³-hybridized carbons (Fsp3) is 0.214. The summed E-state index contributed by atoms with van der Waals surface area (Å²) in [5.74, 6) is 1.30. The van der Waals surface area contributed by atoms with Gasteiger partial charge in [0.15, 0.2) is 11.5 Å². The van der Waals surface area contributed by atoms with E-state index in [2.05, 4.69) is 10.2 Å². The average molecular weight is 269 g/mol. The Hall–Kier alpha value is -2.81. The molecule has 0 spiro atoms. The maximum absolute atomic E-state index is 11.2. The normalized spacial score (nSPS) is 13.3. The van der Waals surface area contributed by atoms with Crippen molar-refractivity contribution in [3.05, 3.63) is 40.2 Å². The lowest BCUT2D eigenvalue weighted by Gasteiger charge is -2.09. The van der Waals surface area contributed by atoms with Crippen LogP contribution in [0, 0.1) is 11.3 Å². The molecule has 1 aromatic heterocycles. The van der Waals surface area contributed by atoms with Crippen molar-refractivity contribution >= 4 is 0 Å². The van der Waals surface area contributed by atoms with E-state index in [-0.39, 0.29) is 5.56 Å². The molecule has 6 nitrogen and oxygen atoms in total. The molecule has 100 valence electrons. The largest absolute Gasteiger partial charge is 0.490 e. The van der Waals surface area contributed by atoms with E-state index in [4.69, 9.17) is 14.7 Å². The van der Waals surface area contributed by atoms with Gasteiger partial charge in [0, 0.05) is 18.1 Å². The number of hydrogen-bond donors (Lipinski definition) is 1. The fourth-order valence-electron chi connectivity index (χ4n) is 2.02. The van der Waals surface area contributed by atoms with E-state index >= 15 is 0 Å². The first-order valence-electron chi connectivity index (χ1n) is 6.18. The molecule has 20 heavy (non-hydrogen) atoms. The Morgan fingerprint density at radius 3 is 2.80 bits per heavy atom. The number of hydrogen-bond acceptors (Lipinski definition) is 5. The number of rotatable bonds is 1. The van der Waals surface area contributed by atoms with Gasteiger partial charge in [0.25, 0.3) is 5.56 Å². The quantitative estimate of drug-likeness (QED) is 0.846. The van der Waals surface area contributed by atoms with Crippen LogP contribution in [-0.2, 0) is 0 Å². The highest BCUT2D eigenvalue weighted by Crippen LogP contribution is 2.34. The van der Waals surface area contributed by atoms with E-state index in [0.717, 1.165) is 6.42 Å². The van der Waals surface area contributed by atoms with Gasteiger partial charge in [-0.05, 0) is 18.2 Å². The molecular weight excluding hydrogens is 258 g/mol. The number of nitriles is 1. The van der Waals surface area contributed by atoms with Gasteiger partial charge < -0.3 is 9.47 Å². The summed E-state index contributed by atoms with van der Waals surface area (Å²) in [7, 11) is 0. The number of fused-ring (bicyclic) bond motifs is 1. The van der Waals surface area contributed by atoms with Crippen molar-refractivity contribution in [2.45, 2.75) is 6.42 Å². The Morgan fingerprint density at radius 2 is 2.00 bits per heavy atom. The summed E-state index contributed by atoms with van der Waals surface area (Å²) in [5.41, 5.74) is 0.938. The first kappa shape index (κ1) is 12.2. The Bertz CT molecular complexity index is 746. The SMILES string of the molecule is N#Cc1cc(=O)[nH]nc1-c1ccc2c(c1)OCCCO2.